The first-order valence-corrected chi connectivity index (χ1v) is 13.7. The minimum Gasteiger partial charge on any atom is -0.497 e. The summed E-state index contributed by atoms with van der Waals surface area (Å²) in [6.45, 7) is 7.49. The quantitative estimate of drug-likeness (QED) is 0.304. The summed E-state index contributed by atoms with van der Waals surface area (Å²) in [5, 5.41) is 14.2. The van der Waals surface area contributed by atoms with Crippen molar-refractivity contribution in [3.63, 3.8) is 0 Å². The lowest BCUT2D eigenvalue weighted by molar-refractivity contribution is 0.155. The zero-order valence-corrected chi connectivity index (χ0v) is 22.9. The zero-order chi connectivity index (χ0) is 26.6. The maximum absolute atomic E-state index is 13.3. The first-order chi connectivity index (χ1) is 18.5. The number of hydrogen-bond donors (Lipinski definition) is 1. The van der Waals surface area contributed by atoms with E-state index in [2.05, 4.69) is 75.1 Å². The number of ether oxygens (including phenoxy) is 1. The molecule has 0 aliphatic heterocycles. The van der Waals surface area contributed by atoms with Crippen LogP contribution in [0.25, 0.3) is 10.9 Å². The van der Waals surface area contributed by atoms with Crippen LogP contribution in [-0.4, -0.2) is 37.2 Å². The predicted octanol–water partition coefficient (Wildman–Crippen LogP) is 5.80. The summed E-state index contributed by atoms with van der Waals surface area (Å²) in [5.41, 5.74) is 5.08. The zero-order valence-electron chi connectivity index (χ0n) is 22.9. The summed E-state index contributed by atoms with van der Waals surface area (Å²) in [6.07, 6.45) is 6.74. The molecule has 2 aromatic carbocycles. The molecule has 1 saturated carbocycles. The second-order valence-corrected chi connectivity index (χ2v) is 10.6. The molecule has 8 heteroatoms. The van der Waals surface area contributed by atoms with Crippen molar-refractivity contribution in [2.24, 2.45) is 0 Å². The summed E-state index contributed by atoms with van der Waals surface area (Å²) < 4.78 is 7.43. The number of aryl methyl sites for hydroxylation is 2. The van der Waals surface area contributed by atoms with Crippen LogP contribution in [0.2, 0.25) is 0 Å². The number of tetrazole rings is 1. The van der Waals surface area contributed by atoms with Crippen molar-refractivity contribution in [2.75, 3.05) is 7.11 Å². The molecule has 1 aliphatic rings. The third kappa shape index (κ3) is 5.50. The monoisotopic (exact) mass is 514 g/mol. The molecular weight excluding hydrogens is 476 g/mol. The van der Waals surface area contributed by atoms with Gasteiger partial charge < -0.3 is 9.72 Å². The van der Waals surface area contributed by atoms with Gasteiger partial charge in [0.15, 0.2) is 5.82 Å². The highest BCUT2D eigenvalue weighted by molar-refractivity contribution is 5.80. The van der Waals surface area contributed by atoms with Crippen LogP contribution in [-0.2, 0) is 13.1 Å². The molecule has 0 amide bonds. The van der Waals surface area contributed by atoms with Crippen LogP contribution in [0.3, 0.4) is 0 Å². The molecule has 1 fully saturated rings. The van der Waals surface area contributed by atoms with Crippen molar-refractivity contribution >= 4 is 10.9 Å². The number of methoxy groups -OCH3 is 1. The first-order valence-electron chi connectivity index (χ1n) is 13.7. The summed E-state index contributed by atoms with van der Waals surface area (Å²) in [6, 6.07) is 14.7. The number of fused-ring (bicyclic) bond motifs is 1. The van der Waals surface area contributed by atoms with Crippen molar-refractivity contribution in [3.05, 3.63) is 80.9 Å². The Bertz CT molecular complexity index is 1440. The molecule has 1 atom stereocenters. The van der Waals surface area contributed by atoms with Gasteiger partial charge in [0.2, 0.25) is 0 Å². The Kier molecular flexibility index (Phi) is 7.88. The Morgan fingerprint density at radius 1 is 1.05 bits per heavy atom. The largest absolute Gasteiger partial charge is 0.497 e. The average Bonchev–Trinajstić information content (AvgIpc) is 3.41. The van der Waals surface area contributed by atoms with E-state index in [0.29, 0.717) is 19.1 Å². The number of aromatic amines is 1. The van der Waals surface area contributed by atoms with E-state index in [1.165, 1.54) is 30.4 Å². The smallest absolute Gasteiger partial charge is 0.252 e. The molecule has 5 rings (SSSR count). The third-order valence-corrected chi connectivity index (χ3v) is 8.02. The highest BCUT2D eigenvalue weighted by Gasteiger charge is 2.29. The fourth-order valence-corrected chi connectivity index (χ4v) is 5.71. The number of rotatable bonds is 9. The van der Waals surface area contributed by atoms with E-state index in [1.54, 1.807) is 7.11 Å². The topological polar surface area (TPSA) is 88.9 Å². The summed E-state index contributed by atoms with van der Waals surface area (Å²) in [7, 11) is 1.68. The highest BCUT2D eigenvalue weighted by atomic mass is 16.5. The molecule has 0 spiro atoms. The van der Waals surface area contributed by atoms with Crippen LogP contribution in [0, 0.1) is 13.8 Å². The van der Waals surface area contributed by atoms with Gasteiger partial charge in [0.05, 0.1) is 19.2 Å². The molecular formula is C30H38N6O2. The van der Waals surface area contributed by atoms with Crippen LogP contribution in [0.1, 0.15) is 85.6 Å². The minimum absolute atomic E-state index is 0.0381. The first kappa shape index (κ1) is 26.1. The lowest BCUT2D eigenvalue weighted by atomic mass is 9.95. The average molecular weight is 515 g/mol. The summed E-state index contributed by atoms with van der Waals surface area (Å²) in [4.78, 5) is 18.7. The number of aromatic nitrogens is 5. The Morgan fingerprint density at radius 2 is 1.79 bits per heavy atom. The van der Waals surface area contributed by atoms with Crippen LogP contribution >= 0.6 is 0 Å². The van der Waals surface area contributed by atoms with Crippen molar-refractivity contribution in [2.45, 2.75) is 84.5 Å². The molecule has 0 saturated heterocycles. The SMILES string of the molecule is CC[C@@H](c1nnnn1C1CCCCC1)N(Cc1ccc(OC)cc1)Cc1cc2cc(C)c(C)cc2[nH]c1=O. The number of pyridine rings is 1. The van der Waals surface area contributed by atoms with Crippen LogP contribution < -0.4 is 10.3 Å². The highest BCUT2D eigenvalue weighted by Crippen LogP contribution is 2.33. The van der Waals surface area contributed by atoms with Crippen LogP contribution in [0.5, 0.6) is 5.75 Å². The van der Waals surface area contributed by atoms with Crippen LogP contribution in [0.15, 0.2) is 47.3 Å². The van der Waals surface area contributed by atoms with E-state index < -0.39 is 0 Å². The number of nitrogens with one attached hydrogen (secondary N) is 1. The molecule has 1 N–H and O–H groups in total. The van der Waals surface area contributed by atoms with Gasteiger partial charge in [0.1, 0.15) is 5.75 Å². The lowest BCUT2D eigenvalue weighted by Gasteiger charge is -2.32. The van der Waals surface area contributed by atoms with Gasteiger partial charge in [0, 0.05) is 24.2 Å². The Balaban J connectivity index is 1.53. The van der Waals surface area contributed by atoms with E-state index in [4.69, 9.17) is 4.74 Å². The van der Waals surface area contributed by atoms with Gasteiger partial charge in [0.25, 0.3) is 5.56 Å². The Morgan fingerprint density at radius 3 is 2.50 bits per heavy atom. The molecule has 2 heterocycles. The standard InChI is InChI=1S/C30H38N6O2/c1-5-28(29-32-33-34-36(29)25-9-7-6-8-10-25)35(18-22-11-13-26(38-4)14-12-22)19-24-17-23-15-20(2)21(3)16-27(23)31-30(24)37/h11-17,25,28H,5-10,18-19H2,1-4H3,(H,31,37)/t28-/m0/s1. The maximum atomic E-state index is 13.3. The van der Waals surface area contributed by atoms with E-state index >= 15 is 0 Å². The van der Waals surface area contributed by atoms with Gasteiger partial charge in [-0.05, 0) is 95.9 Å². The third-order valence-electron chi connectivity index (χ3n) is 8.02. The maximum Gasteiger partial charge on any atom is 0.252 e. The van der Waals surface area contributed by atoms with E-state index in [1.807, 2.05) is 18.2 Å². The lowest BCUT2D eigenvalue weighted by Crippen LogP contribution is -2.33. The molecule has 1 aliphatic carbocycles. The van der Waals surface area contributed by atoms with Crippen molar-refractivity contribution in [1.29, 1.82) is 0 Å². The van der Waals surface area contributed by atoms with Crippen molar-refractivity contribution in [3.8, 4) is 5.75 Å². The molecule has 4 aromatic rings. The molecule has 0 bridgehead atoms. The predicted molar refractivity (Wildman–Crippen MR) is 149 cm³/mol. The van der Waals surface area contributed by atoms with Crippen molar-refractivity contribution in [1.82, 2.24) is 30.1 Å². The van der Waals surface area contributed by atoms with Gasteiger partial charge in [-0.25, -0.2) is 4.68 Å². The molecule has 8 nitrogen and oxygen atoms in total. The fourth-order valence-electron chi connectivity index (χ4n) is 5.71. The Hall–Kier alpha value is -3.52. The van der Waals surface area contributed by atoms with E-state index in [-0.39, 0.29) is 11.6 Å². The summed E-state index contributed by atoms with van der Waals surface area (Å²) in [5.74, 6) is 1.71. The van der Waals surface area contributed by atoms with Crippen molar-refractivity contribution < 1.29 is 4.74 Å². The number of benzene rings is 2. The molecule has 38 heavy (non-hydrogen) atoms. The van der Waals surface area contributed by atoms with E-state index in [9.17, 15) is 4.79 Å². The Labute approximate surface area is 224 Å². The number of H-pyrrole nitrogens is 1. The van der Waals surface area contributed by atoms with Gasteiger partial charge in [-0.2, -0.15) is 0 Å². The van der Waals surface area contributed by atoms with Crippen LogP contribution in [0.4, 0.5) is 0 Å². The second-order valence-electron chi connectivity index (χ2n) is 10.6. The number of nitrogens with zero attached hydrogens (tertiary/aromatic N) is 5. The molecule has 2 aromatic heterocycles. The van der Waals surface area contributed by atoms with Gasteiger partial charge >= 0.3 is 0 Å². The van der Waals surface area contributed by atoms with Gasteiger partial charge in [-0.1, -0.05) is 38.3 Å². The second kappa shape index (κ2) is 11.5. The molecule has 200 valence electrons. The normalized spacial score (nSPS) is 15.3. The molecule has 0 unspecified atom stereocenters. The fraction of sp³-hybridized carbons (Fsp3) is 0.467. The van der Waals surface area contributed by atoms with Gasteiger partial charge in [-0.3, -0.25) is 9.69 Å². The summed E-state index contributed by atoms with van der Waals surface area (Å²) >= 11 is 0. The molecule has 0 radical (unpaired) electrons. The minimum atomic E-state index is -0.0535. The number of hydrogen-bond acceptors (Lipinski definition) is 6. The van der Waals surface area contributed by atoms with Gasteiger partial charge in [-0.15, -0.1) is 5.10 Å². The van der Waals surface area contributed by atoms with E-state index in [0.717, 1.165) is 52.9 Å².